The van der Waals surface area contributed by atoms with Gasteiger partial charge in [0.2, 0.25) is 0 Å². The first-order valence-corrected chi connectivity index (χ1v) is 10.9. The van der Waals surface area contributed by atoms with Crippen LogP contribution in [0.3, 0.4) is 0 Å². The molecular formula is C21H20OS3. The molecule has 0 radical (unpaired) electrons. The molecule has 0 spiro atoms. The molecule has 0 bridgehead atoms. The second-order valence-corrected chi connectivity index (χ2v) is 7.77. The molecule has 0 amide bonds. The second kappa shape index (κ2) is 13.4. The van der Waals surface area contributed by atoms with Gasteiger partial charge in [0.25, 0.3) is 0 Å². The fraction of sp³-hybridized carbons (Fsp3) is 0.0476. The molecule has 0 fully saturated rings. The van der Waals surface area contributed by atoms with Crippen molar-refractivity contribution >= 4 is 32.9 Å². The lowest BCUT2D eigenvalue weighted by Crippen LogP contribution is -1.82. The Morgan fingerprint density at radius 2 is 1.24 bits per heavy atom. The lowest BCUT2D eigenvalue weighted by Gasteiger charge is -1.99. The Morgan fingerprint density at radius 3 is 1.52 bits per heavy atom. The Hall–Kier alpha value is -1.88. The lowest BCUT2D eigenvalue weighted by atomic mass is 10.4. The van der Waals surface area contributed by atoms with E-state index in [4.69, 9.17) is 4.74 Å². The van der Waals surface area contributed by atoms with Crippen molar-refractivity contribution in [2.24, 2.45) is 0 Å². The highest BCUT2D eigenvalue weighted by molar-refractivity contribution is 8.76. The molecule has 1 nitrogen and oxygen atoms in total. The van der Waals surface area contributed by atoms with Crippen LogP contribution < -0.4 is 0 Å². The van der Waals surface area contributed by atoms with Crippen molar-refractivity contribution in [3.63, 3.8) is 0 Å². The first-order chi connectivity index (χ1) is 12.4. The number of rotatable bonds is 3. The fourth-order valence-corrected chi connectivity index (χ4v) is 4.05. The molecule has 0 saturated heterocycles. The monoisotopic (exact) mass is 384 g/mol. The molecular weight excluding hydrogens is 364 g/mol. The van der Waals surface area contributed by atoms with E-state index in [1.54, 1.807) is 39.2 Å². The highest BCUT2D eigenvalue weighted by Gasteiger charge is 1.94. The van der Waals surface area contributed by atoms with Gasteiger partial charge in [-0.15, -0.1) is 0 Å². The third-order valence-electron chi connectivity index (χ3n) is 2.76. The van der Waals surface area contributed by atoms with Gasteiger partial charge < -0.3 is 4.74 Å². The summed E-state index contributed by atoms with van der Waals surface area (Å²) in [5.41, 5.74) is 0. The van der Waals surface area contributed by atoms with E-state index in [1.165, 1.54) is 9.79 Å². The summed E-state index contributed by atoms with van der Waals surface area (Å²) in [5, 5.41) is 4.08. The van der Waals surface area contributed by atoms with E-state index in [2.05, 4.69) is 48.5 Å². The zero-order chi connectivity index (χ0) is 17.4. The van der Waals surface area contributed by atoms with Crippen LogP contribution in [0.5, 0.6) is 0 Å². The molecule has 0 atom stereocenters. The molecule has 3 aromatic rings. The maximum absolute atomic E-state index is 4.80. The predicted octanol–water partition coefficient (Wildman–Crippen LogP) is 7.32. The molecule has 128 valence electrons. The van der Waals surface area contributed by atoms with Gasteiger partial charge in [-0.05, 0) is 47.2 Å². The van der Waals surface area contributed by atoms with Gasteiger partial charge in [-0.25, -0.2) is 0 Å². The van der Waals surface area contributed by atoms with E-state index < -0.39 is 0 Å². The second-order valence-electron chi connectivity index (χ2n) is 4.68. The van der Waals surface area contributed by atoms with E-state index in [-0.39, 0.29) is 0 Å². The summed E-state index contributed by atoms with van der Waals surface area (Å²) in [4.78, 5) is 2.59. The third kappa shape index (κ3) is 9.87. The summed E-state index contributed by atoms with van der Waals surface area (Å²) in [6.07, 6.45) is 7.47. The molecule has 1 aliphatic heterocycles. The quantitative estimate of drug-likeness (QED) is 0.438. The minimum absolute atomic E-state index is 0.733. The molecule has 2 aromatic carbocycles. The zero-order valence-electron chi connectivity index (χ0n) is 13.7. The van der Waals surface area contributed by atoms with E-state index in [1.807, 2.05) is 53.3 Å². The van der Waals surface area contributed by atoms with Gasteiger partial charge in [-0.1, -0.05) is 76.2 Å². The first kappa shape index (κ1) is 19.4. The minimum atomic E-state index is 0.733. The van der Waals surface area contributed by atoms with E-state index >= 15 is 0 Å². The molecule has 0 unspecified atom stereocenters. The van der Waals surface area contributed by atoms with E-state index in [9.17, 15) is 0 Å². The van der Waals surface area contributed by atoms with Crippen molar-refractivity contribution < 1.29 is 4.74 Å². The summed E-state index contributed by atoms with van der Waals surface area (Å²) in [7, 11) is 3.58. The summed E-state index contributed by atoms with van der Waals surface area (Å²) in [5.74, 6) is 0. The minimum Gasteiger partial charge on any atom is -0.497 e. The van der Waals surface area contributed by atoms with Crippen LogP contribution in [0.2, 0.25) is 0 Å². The molecule has 25 heavy (non-hydrogen) atoms. The number of ether oxygens (including phenoxy) is 1. The largest absolute Gasteiger partial charge is 0.497 e. The Kier molecular flexibility index (Phi) is 10.4. The molecule has 0 aliphatic carbocycles. The normalized spacial score (nSPS) is 11.4. The molecule has 1 aliphatic rings. The number of hydrogen-bond donors (Lipinski definition) is 0. The van der Waals surface area contributed by atoms with Crippen molar-refractivity contribution in [3.8, 4) is 0 Å². The van der Waals surface area contributed by atoms with Crippen LogP contribution >= 0.6 is 32.9 Å². The summed E-state index contributed by atoms with van der Waals surface area (Å²) in [6.45, 7) is 0.733. The van der Waals surface area contributed by atoms with Crippen molar-refractivity contribution in [2.75, 3.05) is 6.61 Å². The average molecular weight is 385 g/mol. The standard InChI is InChI=1S/C12H10S2.C5H6O.C4H4S/c1-3-7-11(8-4-1)13-14-12-9-5-2-6-10-12;1-2-4-6-5-3-1;1-2-4-5-3-1/h1-10H;1-4H,5H2;1-4H. The van der Waals surface area contributed by atoms with Crippen molar-refractivity contribution in [1.82, 2.24) is 0 Å². The van der Waals surface area contributed by atoms with Crippen LogP contribution in [0.1, 0.15) is 0 Å². The van der Waals surface area contributed by atoms with E-state index in [0.717, 1.165) is 6.61 Å². The summed E-state index contributed by atoms with van der Waals surface area (Å²) in [6, 6.07) is 24.9. The van der Waals surface area contributed by atoms with Gasteiger partial charge in [0.1, 0.15) is 6.61 Å². The van der Waals surface area contributed by atoms with Gasteiger partial charge in [0.05, 0.1) is 6.26 Å². The Labute approximate surface area is 161 Å². The number of thiophene rings is 1. The Bertz CT molecular complexity index is 639. The van der Waals surface area contributed by atoms with Crippen LogP contribution in [0.15, 0.2) is 118 Å². The Morgan fingerprint density at radius 1 is 0.680 bits per heavy atom. The van der Waals surface area contributed by atoms with Crippen LogP contribution in [-0.2, 0) is 4.74 Å². The molecule has 4 rings (SSSR count). The smallest absolute Gasteiger partial charge is 0.106 e. The molecule has 0 N–H and O–H groups in total. The van der Waals surface area contributed by atoms with Crippen LogP contribution in [0.4, 0.5) is 0 Å². The van der Waals surface area contributed by atoms with Gasteiger partial charge in [-0.2, -0.15) is 11.3 Å². The highest BCUT2D eigenvalue weighted by Crippen LogP contribution is 2.36. The summed E-state index contributed by atoms with van der Waals surface area (Å²) >= 11 is 1.71. The van der Waals surface area contributed by atoms with Gasteiger partial charge >= 0.3 is 0 Å². The SMILES string of the molecule is C1=CCOC=C1.c1ccc(SSc2ccccc2)cc1.c1ccsc1. The molecule has 0 saturated carbocycles. The molecule has 2 heterocycles. The third-order valence-corrected chi connectivity index (χ3v) is 5.81. The lowest BCUT2D eigenvalue weighted by molar-refractivity contribution is 0.286. The maximum atomic E-state index is 4.80. The number of hydrogen-bond acceptors (Lipinski definition) is 4. The van der Waals surface area contributed by atoms with Crippen LogP contribution in [0.25, 0.3) is 0 Å². The highest BCUT2D eigenvalue weighted by atomic mass is 33.1. The number of allylic oxidation sites excluding steroid dienone is 2. The maximum Gasteiger partial charge on any atom is 0.106 e. The van der Waals surface area contributed by atoms with Gasteiger partial charge in [0.15, 0.2) is 0 Å². The predicted molar refractivity (Wildman–Crippen MR) is 113 cm³/mol. The molecule has 1 aromatic heterocycles. The van der Waals surface area contributed by atoms with E-state index in [0.29, 0.717) is 0 Å². The molecule has 4 heteroatoms. The number of benzene rings is 2. The zero-order valence-corrected chi connectivity index (χ0v) is 16.2. The van der Waals surface area contributed by atoms with Crippen molar-refractivity contribution in [1.29, 1.82) is 0 Å². The van der Waals surface area contributed by atoms with Crippen LogP contribution in [-0.4, -0.2) is 6.61 Å². The van der Waals surface area contributed by atoms with Crippen LogP contribution in [0, 0.1) is 0 Å². The van der Waals surface area contributed by atoms with Gasteiger partial charge in [-0.3, -0.25) is 0 Å². The first-order valence-electron chi connectivity index (χ1n) is 7.80. The van der Waals surface area contributed by atoms with Crippen molar-refractivity contribution in [2.45, 2.75) is 9.79 Å². The Balaban J connectivity index is 0.000000167. The fourth-order valence-electron chi connectivity index (χ4n) is 1.62. The topological polar surface area (TPSA) is 9.23 Å². The average Bonchev–Trinajstić information content (AvgIpc) is 3.30. The summed E-state index contributed by atoms with van der Waals surface area (Å²) < 4.78 is 4.80. The van der Waals surface area contributed by atoms with Crippen molar-refractivity contribution in [3.05, 3.63) is 108 Å². The van der Waals surface area contributed by atoms with Gasteiger partial charge in [0, 0.05) is 9.79 Å².